The van der Waals surface area contributed by atoms with Crippen molar-refractivity contribution >= 4 is 0 Å². The maximum atomic E-state index is 5.94. The number of ether oxygens (including phenoxy) is 2. The molecule has 22 heavy (non-hydrogen) atoms. The Morgan fingerprint density at radius 1 is 0.591 bits per heavy atom. The summed E-state index contributed by atoms with van der Waals surface area (Å²) in [6.45, 7) is 12.3. The topological polar surface area (TPSA) is 18.5 Å². The second-order valence-corrected chi connectivity index (χ2v) is 7.48. The van der Waals surface area contributed by atoms with Gasteiger partial charge in [-0.05, 0) is 76.9 Å². The third-order valence-corrected chi connectivity index (χ3v) is 2.85. The Morgan fingerprint density at radius 2 is 0.955 bits per heavy atom. The molecule has 0 aliphatic rings. The standard InChI is InChI=1S/C20H26O2/c1-19(2,3)21-17-11-7-9-15(13-17)16-10-8-12-18(14-16)22-20(4,5)6/h7-14H,1-6H3. The number of hydrogen-bond acceptors (Lipinski definition) is 2. The van der Waals surface area contributed by atoms with Crippen molar-refractivity contribution in [2.45, 2.75) is 52.7 Å². The number of rotatable bonds is 3. The van der Waals surface area contributed by atoms with Gasteiger partial charge >= 0.3 is 0 Å². The van der Waals surface area contributed by atoms with E-state index in [2.05, 4.69) is 65.8 Å². The first-order valence-electron chi connectivity index (χ1n) is 7.71. The number of hydrogen-bond donors (Lipinski definition) is 0. The van der Waals surface area contributed by atoms with Crippen LogP contribution in [-0.2, 0) is 0 Å². The van der Waals surface area contributed by atoms with Crippen molar-refractivity contribution in [1.82, 2.24) is 0 Å². The fraction of sp³-hybridized carbons (Fsp3) is 0.400. The lowest BCUT2D eigenvalue weighted by atomic mass is 10.0. The molecule has 2 aromatic rings. The molecular weight excluding hydrogens is 272 g/mol. The van der Waals surface area contributed by atoms with Crippen molar-refractivity contribution in [2.75, 3.05) is 0 Å². The van der Waals surface area contributed by atoms with Crippen LogP contribution >= 0.6 is 0 Å². The van der Waals surface area contributed by atoms with Gasteiger partial charge in [-0.25, -0.2) is 0 Å². The molecule has 0 unspecified atom stereocenters. The van der Waals surface area contributed by atoms with Gasteiger partial charge in [-0.1, -0.05) is 24.3 Å². The Bertz CT molecular complexity index is 573. The average molecular weight is 298 g/mol. The molecule has 2 heteroatoms. The van der Waals surface area contributed by atoms with Crippen LogP contribution in [0.25, 0.3) is 11.1 Å². The van der Waals surface area contributed by atoms with Crippen LogP contribution in [0, 0.1) is 0 Å². The zero-order valence-electron chi connectivity index (χ0n) is 14.4. The van der Waals surface area contributed by atoms with Crippen LogP contribution in [0.4, 0.5) is 0 Å². The first-order chi connectivity index (χ1) is 10.1. The Kier molecular flexibility index (Phi) is 4.50. The first-order valence-corrected chi connectivity index (χ1v) is 7.71. The van der Waals surface area contributed by atoms with E-state index in [-0.39, 0.29) is 11.2 Å². The monoisotopic (exact) mass is 298 g/mol. The Labute approximate surface area is 134 Å². The molecule has 2 aromatic carbocycles. The molecule has 2 rings (SSSR count). The van der Waals surface area contributed by atoms with Crippen molar-refractivity contribution in [3.8, 4) is 22.6 Å². The molecule has 0 fully saturated rings. The maximum absolute atomic E-state index is 5.94. The summed E-state index contributed by atoms with van der Waals surface area (Å²) in [4.78, 5) is 0. The summed E-state index contributed by atoms with van der Waals surface area (Å²) in [6.07, 6.45) is 0. The van der Waals surface area contributed by atoms with Gasteiger partial charge in [-0.2, -0.15) is 0 Å². The van der Waals surface area contributed by atoms with Crippen LogP contribution in [-0.4, -0.2) is 11.2 Å². The van der Waals surface area contributed by atoms with E-state index in [4.69, 9.17) is 9.47 Å². The highest BCUT2D eigenvalue weighted by Gasteiger charge is 2.14. The van der Waals surface area contributed by atoms with Gasteiger partial charge in [-0.3, -0.25) is 0 Å². The van der Waals surface area contributed by atoms with Gasteiger partial charge in [0.1, 0.15) is 22.7 Å². The minimum Gasteiger partial charge on any atom is -0.488 e. The van der Waals surface area contributed by atoms with Crippen LogP contribution < -0.4 is 9.47 Å². The molecule has 0 aliphatic carbocycles. The van der Waals surface area contributed by atoms with Gasteiger partial charge < -0.3 is 9.47 Å². The summed E-state index contributed by atoms with van der Waals surface area (Å²) < 4.78 is 11.9. The Balaban J connectivity index is 2.28. The fourth-order valence-corrected chi connectivity index (χ4v) is 2.19. The summed E-state index contributed by atoms with van der Waals surface area (Å²) in [7, 11) is 0. The smallest absolute Gasteiger partial charge is 0.120 e. The molecule has 0 atom stereocenters. The molecule has 0 saturated carbocycles. The Morgan fingerprint density at radius 3 is 1.27 bits per heavy atom. The van der Waals surface area contributed by atoms with E-state index in [1.165, 1.54) is 0 Å². The van der Waals surface area contributed by atoms with Gasteiger partial charge in [0.05, 0.1) is 0 Å². The molecule has 0 saturated heterocycles. The van der Waals surface area contributed by atoms with Crippen molar-refractivity contribution in [3.05, 3.63) is 48.5 Å². The van der Waals surface area contributed by atoms with Crippen molar-refractivity contribution < 1.29 is 9.47 Å². The molecule has 118 valence electrons. The minimum atomic E-state index is -0.199. The molecule has 0 aromatic heterocycles. The van der Waals surface area contributed by atoms with Gasteiger partial charge in [0.2, 0.25) is 0 Å². The minimum absolute atomic E-state index is 0.199. The zero-order valence-corrected chi connectivity index (χ0v) is 14.4. The van der Waals surface area contributed by atoms with Gasteiger partial charge in [-0.15, -0.1) is 0 Å². The summed E-state index contributed by atoms with van der Waals surface area (Å²) in [6, 6.07) is 16.3. The SMILES string of the molecule is CC(C)(C)Oc1cccc(-c2cccc(OC(C)(C)C)c2)c1. The fourth-order valence-electron chi connectivity index (χ4n) is 2.19. The third-order valence-electron chi connectivity index (χ3n) is 2.85. The highest BCUT2D eigenvalue weighted by molar-refractivity contribution is 5.66. The maximum Gasteiger partial charge on any atom is 0.120 e. The van der Waals surface area contributed by atoms with Crippen molar-refractivity contribution in [3.63, 3.8) is 0 Å². The molecule has 0 N–H and O–H groups in total. The van der Waals surface area contributed by atoms with Crippen molar-refractivity contribution in [1.29, 1.82) is 0 Å². The lowest BCUT2D eigenvalue weighted by molar-refractivity contribution is 0.130. The largest absolute Gasteiger partial charge is 0.488 e. The predicted octanol–water partition coefficient (Wildman–Crippen LogP) is 5.71. The predicted molar refractivity (Wildman–Crippen MR) is 92.6 cm³/mol. The summed E-state index contributed by atoms with van der Waals surface area (Å²) in [5, 5.41) is 0. The highest BCUT2D eigenvalue weighted by Crippen LogP contribution is 2.29. The van der Waals surface area contributed by atoms with E-state index in [9.17, 15) is 0 Å². The van der Waals surface area contributed by atoms with Gasteiger partial charge in [0.15, 0.2) is 0 Å². The normalized spacial score (nSPS) is 12.1. The van der Waals surface area contributed by atoms with Crippen LogP contribution in [0.5, 0.6) is 11.5 Å². The van der Waals surface area contributed by atoms with Gasteiger partial charge in [0.25, 0.3) is 0 Å². The molecule has 0 spiro atoms. The molecule has 0 heterocycles. The Hall–Kier alpha value is -1.96. The zero-order chi connectivity index (χ0) is 16.4. The van der Waals surface area contributed by atoms with Crippen LogP contribution in [0.1, 0.15) is 41.5 Å². The molecular formula is C20H26O2. The van der Waals surface area contributed by atoms with Crippen LogP contribution in [0.15, 0.2) is 48.5 Å². The van der Waals surface area contributed by atoms with E-state index in [1.807, 2.05) is 24.3 Å². The lowest BCUT2D eigenvalue weighted by Gasteiger charge is -2.22. The molecule has 0 radical (unpaired) electrons. The van der Waals surface area contributed by atoms with Crippen LogP contribution in [0.2, 0.25) is 0 Å². The quantitative estimate of drug-likeness (QED) is 0.722. The second kappa shape index (κ2) is 6.04. The van der Waals surface area contributed by atoms with E-state index >= 15 is 0 Å². The molecule has 0 aliphatic heterocycles. The van der Waals surface area contributed by atoms with E-state index < -0.39 is 0 Å². The van der Waals surface area contributed by atoms with E-state index in [1.54, 1.807) is 0 Å². The third kappa shape index (κ3) is 5.10. The lowest BCUT2D eigenvalue weighted by Crippen LogP contribution is -2.23. The van der Waals surface area contributed by atoms with E-state index in [0.29, 0.717) is 0 Å². The number of benzene rings is 2. The first kappa shape index (κ1) is 16.4. The highest BCUT2D eigenvalue weighted by atomic mass is 16.5. The van der Waals surface area contributed by atoms with E-state index in [0.717, 1.165) is 22.6 Å². The summed E-state index contributed by atoms with van der Waals surface area (Å²) in [5.41, 5.74) is 1.85. The second-order valence-electron chi connectivity index (χ2n) is 7.48. The summed E-state index contributed by atoms with van der Waals surface area (Å²) >= 11 is 0. The molecule has 0 amide bonds. The average Bonchev–Trinajstić information content (AvgIpc) is 2.35. The van der Waals surface area contributed by atoms with Crippen LogP contribution in [0.3, 0.4) is 0 Å². The molecule has 0 bridgehead atoms. The molecule has 2 nitrogen and oxygen atoms in total. The van der Waals surface area contributed by atoms with Crippen molar-refractivity contribution in [2.24, 2.45) is 0 Å². The van der Waals surface area contributed by atoms with Gasteiger partial charge in [0, 0.05) is 0 Å². The summed E-state index contributed by atoms with van der Waals surface area (Å²) in [5.74, 6) is 1.76.